The zero-order valence-electron chi connectivity index (χ0n) is 21.9. The summed E-state index contributed by atoms with van der Waals surface area (Å²) in [7, 11) is 0.0143. The van der Waals surface area contributed by atoms with Crippen LogP contribution in [0.3, 0.4) is 0 Å². The summed E-state index contributed by atoms with van der Waals surface area (Å²) in [6.07, 6.45) is 0.416. The fourth-order valence-electron chi connectivity index (χ4n) is 4.82. The number of carbonyl (C=O) groups is 2. The van der Waals surface area contributed by atoms with Gasteiger partial charge in [-0.05, 0) is 24.5 Å². The number of amides is 2. The fraction of sp³-hybridized carbons (Fsp3) is 0.538. The predicted octanol–water partition coefficient (Wildman–Crippen LogP) is 1.87. The lowest BCUT2D eigenvalue weighted by Gasteiger charge is -2.34. The Morgan fingerprint density at radius 3 is 2.32 bits per heavy atom. The Morgan fingerprint density at radius 2 is 1.70 bits per heavy atom. The molecule has 2 unspecified atom stereocenters. The summed E-state index contributed by atoms with van der Waals surface area (Å²) in [5, 5.41) is 13.7. The first-order chi connectivity index (χ1) is 17.6. The zero-order valence-corrected chi connectivity index (χ0v) is 22.8. The molecule has 0 aromatic heterocycles. The standard InChI is InChI=1S/C26H38N4O6S/c1-18(2)15-21(26(32)30-11-13-36-14-12-30)22(25(31)28-33)16-27-17-37(34,35)24-10-6-7-19-20(24)8-5-9-23(19)29(3)4/h5-10,18,21-22,27,33H,11-17H2,1-4H3,(H,28,31). The number of nitrogens with one attached hydrogen (secondary N) is 2. The van der Waals surface area contributed by atoms with Gasteiger partial charge in [0.1, 0.15) is 5.88 Å². The van der Waals surface area contributed by atoms with E-state index in [0.717, 1.165) is 11.1 Å². The molecule has 2 amide bonds. The zero-order chi connectivity index (χ0) is 27.2. The van der Waals surface area contributed by atoms with Gasteiger partial charge >= 0.3 is 0 Å². The summed E-state index contributed by atoms with van der Waals surface area (Å²) in [4.78, 5) is 29.8. The number of rotatable bonds is 11. The average Bonchev–Trinajstić information content (AvgIpc) is 2.88. The molecule has 0 saturated carbocycles. The maximum atomic E-state index is 13.4. The number of hydroxylamine groups is 1. The summed E-state index contributed by atoms with van der Waals surface area (Å²) < 4.78 is 32.1. The van der Waals surface area contributed by atoms with Crippen molar-refractivity contribution in [3.63, 3.8) is 0 Å². The molecule has 37 heavy (non-hydrogen) atoms. The highest BCUT2D eigenvalue weighted by atomic mass is 32.2. The van der Waals surface area contributed by atoms with E-state index in [1.165, 1.54) is 0 Å². The van der Waals surface area contributed by atoms with E-state index < -0.39 is 33.5 Å². The van der Waals surface area contributed by atoms with Gasteiger partial charge in [-0.1, -0.05) is 38.1 Å². The number of morpholine rings is 1. The van der Waals surface area contributed by atoms with E-state index in [1.807, 2.05) is 51.0 Å². The topological polar surface area (TPSA) is 128 Å². The molecule has 0 radical (unpaired) electrons. The molecule has 0 spiro atoms. The van der Waals surface area contributed by atoms with Crippen LogP contribution in [-0.2, 0) is 24.2 Å². The van der Waals surface area contributed by atoms with E-state index >= 15 is 0 Å². The third-order valence-electron chi connectivity index (χ3n) is 6.63. The van der Waals surface area contributed by atoms with Gasteiger partial charge in [0.2, 0.25) is 11.8 Å². The lowest BCUT2D eigenvalue weighted by Crippen LogP contribution is -2.50. The quantitative estimate of drug-likeness (QED) is 0.295. The minimum Gasteiger partial charge on any atom is -0.378 e. The van der Waals surface area contributed by atoms with Crippen LogP contribution in [-0.4, -0.2) is 83.2 Å². The number of benzene rings is 2. The number of sulfone groups is 1. The van der Waals surface area contributed by atoms with Crippen LogP contribution < -0.4 is 15.7 Å². The van der Waals surface area contributed by atoms with E-state index in [2.05, 4.69) is 5.32 Å². The minimum atomic E-state index is -3.78. The van der Waals surface area contributed by atoms with Crippen LogP contribution in [0.2, 0.25) is 0 Å². The summed E-state index contributed by atoms with van der Waals surface area (Å²) in [6, 6.07) is 10.7. The van der Waals surface area contributed by atoms with Crippen LogP contribution in [0.4, 0.5) is 5.69 Å². The first kappa shape index (κ1) is 28.8. The van der Waals surface area contributed by atoms with Crippen LogP contribution in [0.25, 0.3) is 10.8 Å². The summed E-state index contributed by atoms with van der Waals surface area (Å²) in [6.45, 7) is 5.52. The fourth-order valence-corrected chi connectivity index (χ4v) is 6.16. The summed E-state index contributed by atoms with van der Waals surface area (Å²) >= 11 is 0. The smallest absolute Gasteiger partial charge is 0.248 e. The Labute approximate surface area is 218 Å². The normalized spacial score (nSPS) is 16.0. The molecule has 3 N–H and O–H groups in total. The molecule has 1 heterocycles. The summed E-state index contributed by atoms with van der Waals surface area (Å²) in [5.74, 6) is -2.91. The van der Waals surface area contributed by atoms with Crippen molar-refractivity contribution in [3.05, 3.63) is 36.4 Å². The molecule has 2 aromatic carbocycles. The highest BCUT2D eigenvalue weighted by molar-refractivity contribution is 7.91. The molecule has 0 aliphatic carbocycles. The number of fused-ring (bicyclic) bond motifs is 1. The SMILES string of the molecule is CC(C)CC(C(=O)N1CCOCC1)C(CNCS(=O)(=O)c1cccc2c(N(C)C)cccc12)C(=O)NO. The van der Waals surface area contributed by atoms with Crippen molar-refractivity contribution in [1.82, 2.24) is 15.7 Å². The number of anilines is 1. The van der Waals surface area contributed by atoms with Gasteiger partial charge in [0.25, 0.3) is 0 Å². The van der Waals surface area contributed by atoms with Crippen LogP contribution in [0.1, 0.15) is 20.3 Å². The number of hydrogen-bond acceptors (Lipinski definition) is 8. The molecule has 1 aliphatic rings. The minimum absolute atomic E-state index is 0.0905. The highest BCUT2D eigenvalue weighted by Gasteiger charge is 2.37. The third kappa shape index (κ3) is 6.98. The molecule has 0 bridgehead atoms. The Bertz CT molecular complexity index is 1190. The maximum Gasteiger partial charge on any atom is 0.248 e. The van der Waals surface area contributed by atoms with Crippen LogP contribution >= 0.6 is 0 Å². The Morgan fingerprint density at radius 1 is 1.05 bits per heavy atom. The molecule has 1 fully saturated rings. The van der Waals surface area contributed by atoms with E-state index in [0.29, 0.717) is 38.1 Å². The largest absolute Gasteiger partial charge is 0.378 e. The van der Waals surface area contributed by atoms with E-state index in [-0.39, 0.29) is 23.3 Å². The lowest BCUT2D eigenvalue weighted by molar-refractivity contribution is -0.148. The molecule has 1 aliphatic heterocycles. The van der Waals surface area contributed by atoms with Crippen molar-refractivity contribution >= 4 is 38.1 Å². The molecular weight excluding hydrogens is 496 g/mol. The second-order valence-electron chi connectivity index (χ2n) is 9.99. The van der Waals surface area contributed by atoms with Gasteiger partial charge in [0.05, 0.1) is 29.9 Å². The van der Waals surface area contributed by atoms with Gasteiger partial charge in [-0.25, -0.2) is 13.9 Å². The van der Waals surface area contributed by atoms with Crippen molar-refractivity contribution in [2.75, 3.05) is 57.7 Å². The van der Waals surface area contributed by atoms with Gasteiger partial charge in [0.15, 0.2) is 9.84 Å². The number of carbonyl (C=O) groups excluding carboxylic acids is 2. The molecule has 10 nitrogen and oxygen atoms in total. The summed E-state index contributed by atoms with van der Waals surface area (Å²) in [5.41, 5.74) is 2.57. The van der Waals surface area contributed by atoms with Gasteiger partial charge in [0, 0.05) is 50.2 Å². The molecule has 2 atom stereocenters. The monoisotopic (exact) mass is 534 g/mol. The average molecular weight is 535 g/mol. The molecule has 1 saturated heterocycles. The Kier molecular flexibility index (Phi) is 9.88. The molecule has 3 rings (SSSR count). The van der Waals surface area contributed by atoms with E-state index in [4.69, 9.17) is 4.74 Å². The predicted molar refractivity (Wildman–Crippen MR) is 142 cm³/mol. The van der Waals surface area contributed by atoms with Crippen molar-refractivity contribution in [2.45, 2.75) is 25.2 Å². The Balaban J connectivity index is 1.82. The van der Waals surface area contributed by atoms with Gasteiger partial charge < -0.3 is 19.9 Å². The Hall–Kier alpha value is -2.73. The first-order valence-electron chi connectivity index (χ1n) is 12.5. The molecule has 204 valence electrons. The lowest BCUT2D eigenvalue weighted by atomic mass is 9.83. The molecule has 2 aromatic rings. The maximum absolute atomic E-state index is 13.4. The van der Waals surface area contributed by atoms with Crippen molar-refractivity contribution in [1.29, 1.82) is 0 Å². The van der Waals surface area contributed by atoms with Gasteiger partial charge in [-0.2, -0.15) is 0 Å². The van der Waals surface area contributed by atoms with E-state index in [1.54, 1.807) is 28.6 Å². The first-order valence-corrected chi connectivity index (χ1v) is 14.1. The van der Waals surface area contributed by atoms with Crippen molar-refractivity contribution in [2.24, 2.45) is 17.8 Å². The third-order valence-corrected chi connectivity index (χ3v) is 8.24. The number of nitrogens with zero attached hydrogens (tertiary/aromatic N) is 2. The van der Waals surface area contributed by atoms with Crippen molar-refractivity contribution in [3.8, 4) is 0 Å². The molecule has 11 heteroatoms. The highest BCUT2D eigenvalue weighted by Crippen LogP contribution is 2.31. The van der Waals surface area contributed by atoms with Crippen LogP contribution in [0, 0.1) is 17.8 Å². The van der Waals surface area contributed by atoms with Gasteiger partial charge in [-0.3, -0.25) is 14.8 Å². The second kappa shape index (κ2) is 12.7. The van der Waals surface area contributed by atoms with E-state index in [9.17, 15) is 23.2 Å². The molecular formula is C26H38N4O6S. The van der Waals surface area contributed by atoms with Crippen molar-refractivity contribution < 1.29 is 28.0 Å². The number of hydrogen-bond donors (Lipinski definition) is 3. The number of ether oxygens (including phenoxy) is 1. The van der Waals surface area contributed by atoms with Crippen LogP contribution in [0.15, 0.2) is 41.3 Å². The van der Waals surface area contributed by atoms with Crippen LogP contribution in [0.5, 0.6) is 0 Å². The second-order valence-corrected chi connectivity index (χ2v) is 12.0. The van der Waals surface area contributed by atoms with Gasteiger partial charge in [-0.15, -0.1) is 0 Å².